The van der Waals surface area contributed by atoms with Crippen molar-refractivity contribution in [3.63, 3.8) is 0 Å². The highest BCUT2D eigenvalue weighted by molar-refractivity contribution is 5.71. The van der Waals surface area contributed by atoms with Crippen LogP contribution in [0.2, 0.25) is 0 Å². The molecule has 0 aliphatic carbocycles. The molecule has 0 amide bonds. The second-order valence-corrected chi connectivity index (χ2v) is 8.27. The van der Waals surface area contributed by atoms with Crippen LogP contribution in [0, 0.1) is 27.7 Å². The lowest BCUT2D eigenvalue weighted by molar-refractivity contribution is 0.551. The van der Waals surface area contributed by atoms with Crippen LogP contribution in [0.4, 0.5) is 0 Å². The molecule has 12 heteroatoms. The highest BCUT2D eigenvalue weighted by Crippen LogP contribution is 2.13. The maximum absolute atomic E-state index is 5.22. The first kappa shape index (κ1) is 26.1. The van der Waals surface area contributed by atoms with Gasteiger partial charge in [-0.2, -0.15) is 4.98 Å². The molecule has 12 nitrogen and oxygen atoms in total. The Balaban J connectivity index is 0.000000108. The molecule has 0 fully saturated rings. The summed E-state index contributed by atoms with van der Waals surface area (Å²) in [5.41, 5.74) is 6.10. The summed E-state index contributed by atoms with van der Waals surface area (Å²) in [5.74, 6) is 2.69. The van der Waals surface area contributed by atoms with Crippen molar-refractivity contribution in [1.29, 1.82) is 0 Å². The molecule has 0 unspecified atom stereocenters. The van der Waals surface area contributed by atoms with Crippen LogP contribution >= 0.6 is 0 Å². The quantitative estimate of drug-likeness (QED) is 0.219. The van der Waals surface area contributed by atoms with Crippen LogP contribution in [-0.4, -0.2) is 39.9 Å². The number of oxazole rings is 4. The predicted molar refractivity (Wildman–Crippen MR) is 146 cm³/mol. The van der Waals surface area contributed by atoms with Crippen molar-refractivity contribution in [2.24, 2.45) is 0 Å². The third kappa shape index (κ3) is 6.48. The molecular weight excluding hydrogens is 512 g/mol. The smallest absolute Gasteiger partial charge is 0.246 e. The summed E-state index contributed by atoms with van der Waals surface area (Å²) < 4.78 is 20.8. The van der Waals surface area contributed by atoms with Gasteiger partial charge in [0.1, 0.15) is 16.6 Å². The summed E-state index contributed by atoms with van der Waals surface area (Å²) in [6.07, 6.45) is 10.1. The molecule has 0 aromatic carbocycles. The van der Waals surface area contributed by atoms with Gasteiger partial charge in [0.05, 0.1) is 12.4 Å². The number of pyridine rings is 4. The number of hydrogen-bond acceptors (Lipinski definition) is 12. The number of hydrogen-bond donors (Lipinski definition) is 0. The van der Waals surface area contributed by atoms with Gasteiger partial charge in [0.2, 0.25) is 5.71 Å². The monoisotopic (exact) mass is 536 g/mol. The first-order valence-electron chi connectivity index (χ1n) is 12.2. The fourth-order valence-electron chi connectivity index (χ4n) is 3.55. The second kappa shape index (κ2) is 11.9. The zero-order chi connectivity index (χ0) is 27.9. The number of rotatable bonds is 0. The van der Waals surface area contributed by atoms with E-state index in [1.165, 1.54) is 0 Å². The Morgan fingerprint density at radius 1 is 0.475 bits per heavy atom. The number of fused-ring (bicyclic) bond motifs is 4. The number of aryl methyl sites for hydroxylation is 4. The average molecular weight is 537 g/mol. The molecule has 8 rings (SSSR count). The van der Waals surface area contributed by atoms with E-state index in [1.807, 2.05) is 58.0 Å². The Morgan fingerprint density at radius 3 is 1.88 bits per heavy atom. The molecule has 8 heterocycles. The molecular formula is C28H24N8O4. The van der Waals surface area contributed by atoms with E-state index in [2.05, 4.69) is 39.9 Å². The standard InChI is InChI=1S/4C7H6N2O/c1-5-9-6-4-8-3-2-7(6)10-5;1-5-9-6-2-3-8-4-7(6)10-5;1-5-9-7-6(10-5)3-2-4-8-7;1-5-9-6-3-2-4-8-7(6)10-5/h4*2-4H,1H3. The van der Waals surface area contributed by atoms with Crippen LogP contribution in [0.15, 0.2) is 91.2 Å². The van der Waals surface area contributed by atoms with Crippen molar-refractivity contribution >= 4 is 44.7 Å². The van der Waals surface area contributed by atoms with Crippen LogP contribution in [0.3, 0.4) is 0 Å². The Kier molecular flexibility index (Phi) is 7.77. The Morgan fingerprint density at radius 2 is 1.10 bits per heavy atom. The Labute approximate surface area is 227 Å². The fraction of sp³-hybridized carbons (Fsp3) is 0.143. The molecule has 0 saturated carbocycles. The lowest BCUT2D eigenvalue weighted by Gasteiger charge is -1.79. The summed E-state index contributed by atoms with van der Waals surface area (Å²) in [6.45, 7) is 7.25. The summed E-state index contributed by atoms with van der Waals surface area (Å²) in [7, 11) is 0. The van der Waals surface area contributed by atoms with Gasteiger partial charge in [0.15, 0.2) is 46.0 Å². The van der Waals surface area contributed by atoms with Gasteiger partial charge in [0, 0.05) is 58.5 Å². The van der Waals surface area contributed by atoms with Crippen molar-refractivity contribution < 1.29 is 17.7 Å². The second-order valence-electron chi connectivity index (χ2n) is 8.27. The van der Waals surface area contributed by atoms with Gasteiger partial charge in [-0.15, -0.1) is 0 Å². The lowest BCUT2D eigenvalue weighted by atomic mass is 10.4. The minimum absolute atomic E-state index is 0.611. The van der Waals surface area contributed by atoms with Gasteiger partial charge in [-0.1, -0.05) is 0 Å². The highest BCUT2D eigenvalue weighted by Gasteiger charge is 2.01. The topological polar surface area (TPSA) is 156 Å². The van der Waals surface area contributed by atoms with Crippen molar-refractivity contribution in [1.82, 2.24) is 39.9 Å². The minimum atomic E-state index is 0.611. The minimum Gasteiger partial charge on any atom is -0.441 e. The lowest BCUT2D eigenvalue weighted by Crippen LogP contribution is -1.72. The molecule has 0 aliphatic rings. The normalized spacial score (nSPS) is 10.5. The van der Waals surface area contributed by atoms with Crippen LogP contribution in [0.1, 0.15) is 23.6 Å². The van der Waals surface area contributed by atoms with Crippen molar-refractivity contribution in [3.05, 3.63) is 97.1 Å². The van der Waals surface area contributed by atoms with Crippen LogP contribution < -0.4 is 0 Å². The van der Waals surface area contributed by atoms with Crippen molar-refractivity contribution in [3.8, 4) is 0 Å². The predicted octanol–water partition coefficient (Wildman–Crippen LogP) is 6.12. The van der Waals surface area contributed by atoms with Gasteiger partial charge >= 0.3 is 0 Å². The largest absolute Gasteiger partial charge is 0.441 e. The van der Waals surface area contributed by atoms with Crippen LogP contribution in [0.25, 0.3) is 44.7 Å². The zero-order valence-corrected chi connectivity index (χ0v) is 22.1. The summed E-state index contributed by atoms with van der Waals surface area (Å²) >= 11 is 0. The molecule has 0 aliphatic heterocycles. The molecule has 0 atom stereocenters. The third-order valence-electron chi connectivity index (χ3n) is 5.14. The summed E-state index contributed by atoms with van der Waals surface area (Å²) in [6, 6.07) is 11.0. The molecule has 200 valence electrons. The number of aromatic nitrogens is 8. The molecule has 0 spiro atoms. The maximum Gasteiger partial charge on any atom is 0.246 e. The van der Waals surface area contributed by atoms with E-state index in [9.17, 15) is 0 Å². The first-order valence-corrected chi connectivity index (χ1v) is 12.2. The van der Waals surface area contributed by atoms with Crippen molar-refractivity contribution in [2.45, 2.75) is 27.7 Å². The number of nitrogens with zero attached hydrogens (tertiary/aromatic N) is 8. The zero-order valence-electron chi connectivity index (χ0n) is 22.1. The van der Waals surface area contributed by atoms with Gasteiger partial charge in [0.25, 0.3) is 0 Å². The molecule has 0 saturated heterocycles. The molecule has 8 aromatic heterocycles. The molecule has 40 heavy (non-hydrogen) atoms. The van der Waals surface area contributed by atoms with Gasteiger partial charge in [-0.05, 0) is 30.3 Å². The van der Waals surface area contributed by atoms with Gasteiger partial charge < -0.3 is 17.7 Å². The third-order valence-corrected chi connectivity index (χ3v) is 5.14. The molecule has 0 bridgehead atoms. The van der Waals surface area contributed by atoms with E-state index in [0.717, 1.165) is 33.3 Å². The van der Waals surface area contributed by atoms with E-state index < -0.39 is 0 Å². The van der Waals surface area contributed by atoms with Crippen molar-refractivity contribution in [2.75, 3.05) is 0 Å². The van der Waals surface area contributed by atoms with E-state index in [-0.39, 0.29) is 0 Å². The van der Waals surface area contributed by atoms with E-state index in [1.54, 1.807) is 43.2 Å². The summed E-state index contributed by atoms with van der Waals surface area (Å²) in [5, 5.41) is 0. The van der Waals surface area contributed by atoms with Crippen LogP contribution in [-0.2, 0) is 0 Å². The van der Waals surface area contributed by atoms with Gasteiger partial charge in [-0.25, -0.2) is 24.9 Å². The Hall–Kier alpha value is -5.52. The summed E-state index contributed by atoms with van der Waals surface area (Å²) in [4.78, 5) is 32.1. The van der Waals surface area contributed by atoms with E-state index in [0.29, 0.717) is 34.9 Å². The fourth-order valence-corrected chi connectivity index (χ4v) is 3.55. The molecule has 0 radical (unpaired) electrons. The highest BCUT2D eigenvalue weighted by atomic mass is 16.4. The van der Waals surface area contributed by atoms with Gasteiger partial charge in [-0.3, -0.25) is 9.97 Å². The van der Waals surface area contributed by atoms with E-state index >= 15 is 0 Å². The Bertz CT molecular complexity index is 1570. The SMILES string of the molecule is Cc1nc2cccnc2o1.Cc1nc2ccncc2o1.Cc1nc2cnccc2o1.Cc1nc2ncccc2o1. The van der Waals surface area contributed by atoms with Crippen LogP contribution in [0.5, 0.6) is 0 Å². The molecule has 0 N–H and O–H groups in total. The average Bonchev–Trinajstić information content (AvgIpc) is 3.71. The molecule has 8 aromatic rings. The van der Waals surface area contributed by atoms with E-state index in [4.69, 9.17) is 17.7 Å². The first-order chi connectivity index (χ1) is 19.4. The maximum atomic E-state index is 5.22.